The van der Waals surface area contributed by atoms with E-state index in [9.17, 15) is 9.59 Å². The van der Waals surface area contributed by atoms with Gasteiger partial charge >= 0.3 is 0 Å². The van der Waals surface area contributed by atoms with Gasteiger partial charge in [0.1, 0.15) is 5.52 Å². The molecule has 3 aromatic rings. The van der Waals surface area contributed by atoms with Crippen LogP contribution in [0, 0.1) is 6.92 Å². The third-order valence-corrected chi connectivity index (χ3v) is 5.11. The fraction of sp³-hybridized carbons (Fsp3) is 0.227. The van der Waals surface area contributed by atoms with Gasteiger partial charge in [0, 0.05) is 30.6 Å². The zero-order chi connectivity index (χ0) is 21.7. The molecule has 2 aromatic carbocycles. The van der Waals surface area contributed by atoms with Gasteiger partial charge in [-0.2, -0.15) is 0 Å². The number of nitrogens with zero attached hydrogens (tertiary/aromatic N) is 2. The Hall–Kier alpha value is -2.83. The van der Waals surface area contributed by atoms with Crippen molar-refractivity contribution in [1.29, 1.82) is 0 Å². The van der Waals surface area contributed by atoms with Crippen molar-refractivity contribution in [3.63, 3.8) is 0 Å². The first kappa shape index (κ1) is 21.9. The molecule has 0 unspecified atom stereocenters. The highest BCUT2D eigenvalue weighted by molar-refractivity contribution is 6.39. The molecule has 8 heteroatoms. The number of carbonyl (C=O) groups excluding carboxylic acids is 2. The number of fused-ring (bicyclic) bond motifs is 1. The van der Waals surface area contributed by atoms with E-state index < -0.39 is 5.91 Å². The maximum Gasteiger partial charge on any atom is 0.260 e. The molecule has 0 aliphatic heterocycles. The number of ether oxygens (including phenoxy) is 1. The number of aryl methyl sites for hydroxylation is 1. The summed E-state index contributed by atoms with van der Waals surface area (Å²) >= 11 is 12.6. The lowest BCUT2D eigenvalue weighted by molar-refractivity contribution is -0.134. The number of benzene rings is 2. The number of primary amides is 1. The Bertz CT molecular complexity index is 1070. The Balaban J connectivity index is 1.81. The van der Waals surface area contributed by atoms with Gasteiger partial charge in [0.2, 0.25) is 5.91 Å². The molecule has 0 saturated heterocycles. The number of carbonyl (C=O) groups is 2. The first-order chi connectivity index (χ1) is 14.3. The zero-order valence-corrected chi connectivity index (χ0v) is 17.9. The van der Waals surface area contributed by atoms with Gasteiger partial charge in [-0.05, 0) is 30.7 Å². The minimum Gasteiger partial charge on any atom is -0.480 e. The molecule has 0 fully saturated rings. The highest BCUT2D eigenvalue weighted by Crippen LogP contribution is 2.37. The van der Waals surface area contributed by atoms with Gasteiger partial charge in [0.25, 0.3) is 5.91 Å². The summed E-state index contributed by atoms with van der Waals surface area (Å²) < 4.78 is 5.79. The van der Waals surface area contributed by atoms with E-state index in [-0.39, 0.29) is 30.5 Å². The topological polar surface area (TPSA) is 85.5 Å². The third kappa shape index (κ3) is 5.40. The average molecular weight is 446 g/mol. The highest BCUT2D eigenvalue weighted by atomic mass is 35.5. The Morgan fingerprint density at radius 1 is 1.10 bits per heavy atom. The fourth-order valence-electron chi connectivity index (χ4n) is 2.99. The zero-order valence-electron chi connectivity index (χ0n) is 16.4. The monoisotopic (exact) mass is 445 g/mol. The van der Waals surface area contributed by atoms with Crippen molar-refractivity contribution in [1.82, 2.24) is 9.88 Å². The number of rotatable bonds is 8. The van der Waals surface area contributed by atoms with Crippen LogP contribution in [-0.4, -0.2) is 34.8 Å². The summed E-state index contributed by atoms with van der Waals surface area (Å²) in [5, 5.41) is 1.41. The Kier molecular flexibility index (Phi) is 7.13. The normalized spacial score (nSPS) is 10.8. The smallest absolute Gasteiger partial charge is 0.260 e. The molecule has 0 aliphatic carbocycles. The predicted molar refractivity (Wildman–Crippen MR) is 118 cm³/mol. The van der Waals surface area contributed by atoms with E-state index in [0.717, 1.165) is 11.3 Å². The molecule has 0 bridgehead atoms. The lowest BCUT2D eigenvalue weighted by Gasteiger charge is -2.23. The minimum atomic E-state index is -0.479. The van der Waals surface area contributed by atoms with E-state index in [1.807, 2.05) is 49.4 Å². The van der Waals surface area contributed by atoms with E-state index in [1.54, 1.807) is 6.07 Å². The van der Waals surface area contributed by atoms with Crippen LogP contribution in [-0.2, 0) is 16.1 Å². The van der Waals surface area contributed by atoms with Gasteiger partial charge in [-0.25, -0.2) is 4.98 Å². The van der Waals surface area contributed by atoms with Gasteiger partial charge in [-0.3, -0.25) is 9.59 Å². The number of aromatic nitrogens is 1. The molecule has 30 heavy (non-hydrogen) atoms. The lowest BCUT2D eigenvalue weighted by atomic mass is 10.2. The van der Waals surface area contributed by atoms with E-state index in [2.05, 4.69) is 4.98 Å². The Morgan fingerprint density at radius 3 is 2.53 bits per heavy atom. The number of hydrogen-bond acceptors (Lipinski definition) is 4. The van der Waals surface area contributed by atoms with Crippen LogP contribution in [0.4, 0.5) is 0 Å². The molecule has 0 aliphatic rings. The van der Waals surface area contributed by atoms with Gasteiger partial charge in [0.05, 0.1) is 10.0 Å². The quantitative estimate of drug-likeness (QED) is 0.564. The van der Waals surface area contributed by atoms with Gasteiger partial charge in [-0.15, -0.1) is 0 Å². The number of amides is 2. The average Bonchev–Trinajstić information content (AvgIpc) is 2.71. The van der Waals surface area contributed by atoms with Crippen LogP contribution in [0.3, 0.4) is 0 Å². The molecular formula is C22H21Cl2N3O3. The van der Waals surface area contributed by atoms with Crippen molar-refractivity contribution < 1.29 is 14.3 Å². The first-order valence-electron chi connectivity index (χ1n) is 9.33. The predicted octanol–water partition coefficient (Wildman–Crippen LogP) is 4.13. The molecule has 6 nitrogen and oxygen atoms in total. The minimum absolute atomic E-state index is 0.0595. The first-order valence-corrected chi connectivity index (χ1v) is 10.1. The lowest BCUT2D eigenvalue weighted by Crippen LogP contribution is -2.36. The van der Waals surface area contributed by atoms with Crippen LogP contribution in [0.5, 0.6) is 5.75 Å². The number of hydrogen-bond donors (Lipinski definition) is 1. The molecule has 0 spiro atoms. The largest absolute Gasteiger partial charge is 0.480 e. The highest BCUT2D eigenvalue weighted by Gasteiger charge is 2.19. The summed E-state index contributed by atoms with van der Waals surface area (Å²) in [6.45, 7) is 2.11. The molecule has 156 valence electrons. The molecule has 0 radical (unpaired) electrons. The maximum atomic E-state index is 12.9. The third-order valence-electron chi connectivity index (χ3n) is 4.51. The van der Waals surface area contributed by atoms with E-state index in [0.29, 0.717) is 28.2 Å². The van der Waals surface area contributed by atoms with Crippen LogP contribution in [0.15, 0.2) is 48.5 Å². The van der Waals surface area contributed by atoms with Crippen molar-refractivity contribution >= 4 is 45.9 Å². The van der Waals surface area contributed by atoms with Crippen LogP contribution in [0.2, 0.25) is 10.0 Å². The van der Waals surface area contributed by atoms with Crippen molar-refractivity contribution in [2.24, 2.45) is 5.73 Å². The second kappa shape index (κ2) is 9.78. The maximum absolute atomic E-state index is 12.9. The fourth-order valence-corrected chi connectivity index (χ4v) is 3.56. The van der Waals surface area contributed by atoms with Crippen molar-refractivity contribution in [3.05, 3.63) is 69.8 Å². The van der Waals surface area contributed by atoms with Crippen LogP contribution in [0.25, 0.3) is 10.9 Å². The Morgan fingerprint density at radius 2 is 1.83 bits per heavy atom. The van der Waals surface area contributed by atoms with Gasteiger partial charge < -0.3 is 15.4 Å². The summed E-state index contributed by atoms with van der Waals surface area (Å²) in [4.78, 5) is 30.1. The SMILES string of the molecule is Cc1ccc2c(Cl)cc(Cl)c(OCC(=O)N(CCC(N)=O)Cc3ccccc3)c2n1. The summed E-state index contributed by atoms with van der Waals surface area (Å²) in [5.41, 5.74) is 7.46. The molecule has 1 heterocycles. The van der Waals surface area contributed by atoms with E-state index in [4.69, 9.17) is 33.7 Å². The summed E-state index contributed by atoms with van der Waals surface area (Å²) in [6, 6.07) is 14.7. The van der Waals surface area contributed by atoms with E-state index in [1.165, 1.54) is 4.90 Å². The van der Waals surface area contributed by atoms with E-state index >= 15 is 0 Å². The number of pyridine rings is 1. The number of halogens is 2. The van der Waals surface area contributed by atoms with Crippen LogP contribution >= 0.6 is 23.2 Å². The summed E-state index contributed by atoms with van der Waals surface area (Å²) in [7, 11) is 0. The molecule has 3 rings (SSSR count). The van der Waals surface area contributed by atoms with Crippen LogP contribution in [0.1, 0.15) is 17.7 Å². The van der Waals surface area contributed by atoms with Crippen molar-refractivity contribution in [2.45, 2.75) is 19.9 Å². The second-order valence-electron chi connectivity index (χ2n) is 6.82. The molecule has 1 aromatic heterocycles. The van der Waals surface area contributed by atoms with Crippen molar-refractivity contribution in [3.8, 4) is 5.75 Å². The molecule has 0 atom stereocenters. The van der Waals surface area contributed by atoms with Crippen LogP contribution < -0.4 is 10.5 Å². The molecular weight excluding hydrogens is 425 g/mol. The molecule has 0 saturated carbocycles. The Labute approximate surface area is 184 Å². The van der Waals surface area contributed by atoms with Gasteiger partial charge in [0.15, 0.2) is 12.4 Å². The van der Waals surface area contributed by atoms with Crippen molar-refractivity contribution in [2.75, 3.05) is 13.2 Å². The summed E-state index contributed by atoms with van der Waals surface area (Å²) in [6.07, 6.45) is 0.0595. The van der Waals surface area contributed by atoms with Gasteiger partial charge in [-0.1, -0.05) is 53.5 Å². The standard InChI is InChI=1S/C22H21Cl2N3O3/c1-14-7-8-16-17(23)11-18(24)22(21(16)26-14)30-13-20(29)27(10-9-19(25)28)12-15-5-3-2-4-6-15/h2-8,11H,9-10,12-13H2,1H3,(H2,25,28). The number of nitrogens with two attached hydrogens (primary N) is 1. The molecule has 2 amide bonds. The molecule has 2 N–H and O–H groups in total. The second-order valence-corrected chi connectivity index (χ2v) is 7.64. The summed E-state index contributed by atoms with van der Waals surface area (Å²) in [5.74, 6) is -0.484.